The highest BCUT2D eigenvalue weighted by Gasteiger charge is 2.38. The van der Waals surface area contributed by atoms with Crippen molar-refractivity contribution in [2.45, 2.75) is 26.3 Å². The van der Waals surface area contributed by atoms with Crippen molar-refractivity contribution in [2.24, 2.45) is 5.92 Å². The highest BCUT2D eigenvalue weighted by Crippen LogP contribution is 2.32. The molecule has 5 nitrogen and oxygen atoms in total. The van der Waals surface area contributed by atoms with E-state index in [4.69, 9.17) is 0 Å². The van der Waals surface area contributed by atoms with Crippen LogP contribution in [0.25, 0.3) is 0 Å². The Labute approximate surface area is 112 Å². The largest absolute Gasteiger partial charge is 0.480 e. The first-order valence-electron chi connectivity index (χ1n) is 6.38. The molecule has 102 valence electrons. The van der Waals surface area contributed by atoms with Crippen molar-refractivity contribution in [3.8, 4) is 0 Å². The number of hydrogen-bond acceptors (Lipinski definition) is 2. The van der Waals surface area contributed by atoms with Crippen LogP contribution in [-0.2, 0) is 11.2 Å². The highest BCUT2D eigenvalue weighted by molar-refractivity contribution is 6.01. The second-order valence-corrected chi connectivity index (χ2v) is 5.14. The lowest BCUT2D eigenvalue weighted by Crippen LogP contribution is -2.48. The number of benzene rings is 1. The molecule has 0 bridgehead atoms. The number of rotatable bonds is 3. The molecule has 2 rings (SSSR count). The third kappa shape index (κ3) is 2.70. The van der Waals surface area contributed by atoms with Crippen molar-refractivity contribution < 1.29 is 14.7 Å². The molecule has 0 saturated carbocycles. The van der Waals surface area contributed by atoms with Crippen LogP contribution in [0.2, 0.25) is 0 Å². The Bertz CT molecular complexity index is 499. The van der Waals surface area contributed by atoms with Gasteiger partial charge in [0.2, 0.25) is 0 Å². The molecule has 1 unspecified atom stereocenters. The minimum absolute atomic E-state index is 0.324. The number of nitrogens with one attached hydrogen (secondary N) is 1. The van der Waals surface area contributed by atoms with Crippen LogP contribution in [-0.4, -0.2) is 29.7 Å². The molecule has 0 fully saturated rings. The topological polar surface area (TPSA) is 69.6 Å². The molecule has 0 aromatic heterocycles. The summed E-state index contributed by atoms with van der Waals surface area (Å²) in [7, 11) is 0. The summed E-state index contributed by atoms with van der Waals surface area (Å²) in [6, 6.07) is 6.16. The van der Waals surface area contributed by atoms with E-state index in [9.17, 15) is 14.7 Å². The van der Waals surface area contributed by atoms with Gasteiger partial charge in [-0.3, -0.25) is 4.90 Å². The molecular weight excluding hydrogens is 244 g/mol. The standard InChI is InChI=1S/C14H18N2O3/c1-9(2)8-15-14(19)16-11-6-4-3-5-10(11)7-12(16)13(17)18/h3-6,9,12H,7-8H2,1-2H3,(H,15,19)(H,17,18). The molecule has 1 aliphatic rings. The fourth-order valence-corrected chi connectivity index (χ4v) is 2.21. The molecule has 0 radical (unpaired) electrons. The van der Waals surface area contributed by atoms with E-state index in [2.05, 4.69) is 5.32 Å². The van der Waals surface area contributed by atoms with E-state index >= 15 is 0 Å². The number of amides is 2. The lowest BCUT2D eigenvalue weighted by atomic mass is 10.1. The first kappa shape index (κ1) is 13.4. The molecule has 1 atom stereocenters. The van der Waals surface area contributed by atoms with Gasteiger partial charge < -0.3 is 10.4 Å². The maximum absolute atomic E-state index is 12.2. The van der Waals surface area contributed by atoms with Crippen LogP contribution in [0.15, 0.2) is 24.3 Å². The fourth-order valence-electron chi connectivity index (χ4n) is 2.21. The highest BCUT2D eigenvalue weighted by atomic mass is 16.4. The first-order valence-corrected chi connectivity index (χ1v) is 6.38. The zero-order valence-electron chi connectivity index (χ0n) is 11.1. The summed E-state index contributed by atoms with van der Waals surface area (Å²) in [5.74, 6) is -0.652. The molecule has 1 aliphatic heterocycles. The summed E-state index contributed by atoms with van der Waals surface area (Å²) in [4.78, 5) is 24.8. The van der Waals surface area contributed by atoms with Gasteiger partial charge in [-0.2, -0.15) is 0 Å². The summed E-state index contributed by atoms with van der Waals surface area (Å²) in [6.07, 6.45) is 0.362. The van der Waals surface area contributed by atoms with Gasteiger partial charge in [0.05, 0.1) is 0 Å². The summed E-state index contributed by atoms with van der Waals surface area (Å²) >= 11 is 0. The van der Waals surface area contributed by atoms with Crippen molar-refractivity contribution in [3.63, 3.8) is 0 Å². The maximum Gasteiger partial charge on any atom is 0.327 e. The first-order chi connectivity index (χ1) is 9.00. The lowest BCUT2D eigenvalue weighted by molar-refractivity contribution is -0.138. The van der Waals surface area contributed by atoms with Crippen LogP contribution in [0.4, 0.5) is 10.5 Å². The second kappa shape index (κ2) is 5.30. The van der Waals surface area contributed by atoms with Crippen molar-refractivity contribution >= 4 is 17.7 Å². The molecule has 1 aromatic rings. The van der Waals surface area contributed by atoms with Crippen molar-refractivity contribution in [1.29, 1.82) is 0 Å². The Morgan fingerprint density at radius 3 is 2.74 bits per heavy atom. The number of hydrogen-bond donors (Lipinski definition) is 2. The fraction of sp³-hybridized carbons (Fsp3) is 0.429. The number of anilines is 1. The number of carboxylic acids is 1. The van der Waals surface area contributed by atoms with Crippen molar-refractivity contribution in [1.82, 2.24) is 5.32 Å². The Morgan fingerprint density at radius 1 is 1.42 bits per heavy atom. The average Bonchev–Trinajstić information content (AvgIpc) is 2.75. The zero-order valence-corrected chi connectivity index (χ0v) is 11.1. The van der Waals surface area contributed by atoms with E-state index in [1.807, 2.05) is 32.0 Å². The molecule has 2 N–H and O–H groups in total. The van der Waals surface area contributed by atoms with Gasteiger partial charge in [-0.1, -0.05) is 32.0 Å². The van der Waals surface area contributed by atoms with Gasteiger partial charge in [0, 0.05) is 18.7 Å². The average molecular weight is 262 g/mol. The van der Waals surface area contributed by atoms with E-state index in [0.717, 1.165) is 5.56 Å². The molecule has 2 amide bonds. The predicted octanol–water partition coefficient (Wildman–Crippen LogP) is 1.87. The Morgan fingerprint density at radius 2 is 2.11 bits per heavy atom. The third-order valence-electron chi connectivity index (χ3n) is 3.14. The van der Waals surface area contributed by atoms with Gasteiger partial charge in [0.25, 0.3) is 0 Å². The third-order valence-corrected chi connectivity index (χ3v) is 3.14. The number of carbonyl (C=O) groups excluding carboxylic acids is 1. The van der Waals surface area contributed by atoms with E-state index < -0.39 is 12.0 Å². The van der Waals surface area contributed by atoms with Crippen LogP contribution in [0.3, 0.4) is 0 Å². The summed E-state index contributed by atoms with van der Waals surface area (Å²) < 4.78 is 0. The molecule has 19 heavy (non-hydrogen) atoms. The Balaban J connectivity index is 2.24. The molecule has 0 aliphatic carbocycles. The normalized spacial score (nSPS) is 17.4. The molecule has 1 heterocycles. The van der Waals surface area contributed by atoms with Crippen molar-refractivity contribution in [2.75, 3.05) is 11.4 Å². The van der Waals surface area contributed by atoms with Gasteiger partial charge in [-0.05, 0) is 17.5 Å². The van der Waals surface area contributed by atoms with E-state index in [-0.39, 0.29) is 6.03 Å². The molecule has 0 saturated heterocycles. The van der Waals surface area contributed by atoms with Crippen LogP contribution in [0.5, 0.6) is 0 Å². The smallest absolute Gasteiger partial charge is 0.327 e. The number of carboxylic acid groups (broad SMARTS) is 1. The van der Waals surface area contributed by atoms with E-state index in [1.165, 1.54) is 4.90 Å². The number of carbonyl (C=O) groups is 2. The quantitative estimate of drug-likeness (QED) is 0.873. The molecule has 5 heteroatoms. The number of urea groups is 1. The number of para-hydroxylation sites is 1. The maximum atomic E-state index is 12.2. The zero-order chi connectivity index (χ0) is 14.0. The van der Waals surface area contributed by atoms with Gasteiger partial charge in [-0.15, -0.1) is 0 Å². The van der Waals surface area contributed by atoms with Crippen LogP contribution in [0.1, 0.15) is 19.4 Å². The van der Waals surface area contributed by atoms with Crippen molar-refractivity contribution in [3.05, 3.63) is 29.8 Å². The second-order valence-electron chi connectivity index (χ2n) is 5.14. The van der Waals surface area contributed by atoms with Gasteiger partial charge in [-0.25, -0.2) is 9.59 Å². The number of nitrogens with zero attached hydrogens (tertiary/aromatic N) is 1. The molecular formula is C14H18N2O3. The summed E-state index contributed by atoms with van der Waals surface area (Å²) in [6.45, 7) is 4.52. The van der Waals surface area contributed by atoms with Gasteiger partial charge in [0.1, 0.15) is 6.04 Å². The van der Waals surface area contributed by atoms with Gasteiger partial charge >= 0.3 is 12.0 Å². The van der Waals surface area contributed by atoms with Crippen LogP contribution >= 0.6 is 0 Å². The van der Waals surface area contributed by atoms with Crippen LogP contribution < -0.4 is 10.2 Å². The Kier molecular flexibility index (Phi) is 3.74. The Hall–Kier alpha value is -2.04. The molecule has 0 spiro atoms. The number of fused-ring (bicyclic) bond motifs is 1. The monoisotopic (exact) mass is 262 g/mol. The van der Waals surface area contributed by atoms with Gasteiger partial charge in [0.15, 0.2) is 0 Å². The van der Waals surface area contributed by atoms with E-state index in [1.54, 1.807) is 6.07 Å². The van der Waals surface area contributed by atoms with Crippen LogP contribution in [0, 0.1) is 5.92 Å². The minimum atomic E-state index is -0.976. The molecule has 1 aromatic carbocycles. The minimum Gasteiger partial charge on any atom is -0.480 e. The summed E-state index contributed by atoms with van der Waals surface area (Å²) in [5.41, 5.74) is 1.59. The predicted molar refractivity (Wildman–Crippen MR) is 72.3 cm³/mol. The SMILES string of the molecule is CC(C)CNC(=O)N1c2ccccc2CC1C(=O)O. The van der Waals surface area contributed by atoms with E-state index in [0.29, 0.717) is 24.6 Å². The lowest BCUT2D eigenvalue weighted by Gasteiger charge is -2.23. The summed E-state index contributed by atoms with van der Waals surface area (Å²) in [5, 5.41) is 12.0. The number of aliphatic carboxylic acids is 1.